The van der Waals surface area contributed by atoms with Crippen LogP contribution in [0.4, 0.5) is 0 Å². The molecule has 0 aliphatic carbocycles. The van der Waals surface area contributed by atoms with Gasteiger partial charge in [-0.25, -0.2) is 4.79 Å². The zero-order valence-corrected chi connectivity index (χ0v) is 20.5. The average Bonchev–Trinajstić information content (AvgIpc) is 3.42. The van der Waals surface area contributed by atoms with E-state index < -0.39 is 18.1 Å². The van der Waals surface area contributed by atoms with Crippen molar-refractivity contribution >= 4 is 35.1 Å². The summed E-state index contributed by atoms with van der Waals surface area (Å²) >= 11 is 1.58. The molecule has 34 heavy (non-hydrogen) atoms. The number of nitrogens with two attached hydrogens (primary N) is 2. The summed E-state index contributed by atoms with van der Waals surface area (Å²) in [4.78, 5) is 39.8. The molecule has 10 nitrogen and oxygen atoms in total. The molecular weight excluding hydrogens is 456 g/mol. The molecule has 188 valence electrons. The van der Waals surface area contributed by atoms with E-state index in [0.29, 0.717) is 38.9 Å². The van der Waals surface area contributed by atoms with E-state index in [1.807, 2.05) is 18.2 Å². The van der Waals surface area contributed by atoms with Crippen LogP contribution in [0.2, 0.25) is 0 Å². The summed E-state index contributed by atoms with van der Waals surface area (Å²) in [5, 5.41) is 22.3. The number of carbonyl (C=O) groups excluding carboxylic acids is 2. The highest BCUT2D eigenvalue weighted by Gasteiger charge is 2.22. The first kappa shape index (κ1) is 27.3. The van der Waals surface area contributed by atoms with Crippen LogP contribution in [0.1, 0.15) is 48.8 Å². The van der Waals surface area contributed by atoms with Crippen LogP contribution in [0.5, 0.6) is 0 Å². The van der Waals surface area contributed by atoms with Crippen molar-refractivity contribution in [2.24, 2.45) is 11.5 Å². The van der Waals surface area contributed by atoms with E-state index in [2.05, 4.69) is 17.6 Å². The number of amides is 2. The van der Waals surface area contributed by atoms with Gasteiger partial charge in [0.15, 0.2) is 5.96 Å². The summed E-state index contributed by atoms with van der Waals surface area (Å²) in [5.74, 6) is -1.64. The zero-order chi connectivity index (χ0) is 25.1. The fourth-order valence-electron chi connectivity index (χ4n) is 3.65. The highest BCUT2D eigenvalue weighted by atomic mass is 32.1. The minimum absolute atomic E-state index is 0.00406. The third kappa shape index (κ3) is 9.14. The number of nitrogens with one attached hydrogen (secondary N) is 3. The van der Waals surface area contributed by atoms with Crippen molar-refractivity contribution in [3.05, 3.63) is 33.5 Å². The Balaban J connectivity index is 1.63. The first-order chi connectivity index (χ1) is 16.2. The number of unbranched alkanes of at least 4 members (excludes halogenated alkanes) is 1. The number of hydrogen-bond acceptors (Lipinski definition) is 6. The molecule has 8 N–H and O–H groups in total. The molecule has 0 saturated carbocycles. The molecule has 1 aromatic rings. The molecule has 2 heterocycles. The minimum Gasteiger partial charge on any atom is -0.480 e. The van der Waals surface area contributed by atoms with Crippen molar-refractivity contribution in [2.45, 2.75) is 64.0 Å². The number of carboxylic acids is 1. The van der Waals surface area contributed by atoms with Crippen LogP contribution in [0.25, 0.3) is 0 Å². The monoisotopic (exact) mass is 492 g/mol. The smallest absolute Gasteiger partial charge is 0.326 e. The second-order valence-corrected chi connectivity index (χ2v) is 9.72. The van der Waals surface area contributed by atoms with Crippen LogP contribution in [0, 0.1) is 5.41 Å². The van der Waals surface area contributed by atoms with Gasteiger partial charge in [-0.1, -0.05) is 25.0 Å². The number of thiophene rings is 1. The maximum atomic E-state index is 12.2. The number of carbonyl (C=O) groups is 3. The second-order valence-electron chi connectivity index (χ2n) is 8.47. The van der Waals surface area contributed by atoms with Crippen molar-refractivity contribution in [2.75, 3.05) is 19.6 Å². The first-order valence-electron chi connectivity index (χ1n) is 11.6. The normalized spacial score (nSPS) is 14.9. The summed E-state index contributed by atoms with van der Waals surface area (Å²) < 4.78 is 0. The van der Waals surface area contributed by atoms with E-state index in [-0.39, 0.29) is 30.6 Å². The van der Waals surface area contributed by atoms with Gasteiger partial charge in [0.1, 0.15) is 6.04 Å². The number of rotatable bonds is 14. The van der Waals surface area contributed by atoms with Crippen molar-refractivity contribution in [1.82, 2.24) is 15.5 Å². The maximum absolute atomic E-state index is 12.2. The van der Waals surface area contributed by atoms with Gasteiger partial charge in [0.25, 0.3) is 0 Å². The highest BCUT2D eigenvalue weighted by Crippen LogP contribution is 2.20. The lowest BCUT2D eigenvalue weighted by Crippen LogP contribution is -2.42. The number of guanidine groups is 1. The van der Waals surface area contributed by atoms with Crippen molar-refractivity contribution in [1.29, 1.82) is 5.41 Å². The Morgan fingerprint density at radius 3 is 2.62 bits per heavy atom. The lowest BCUT2D eigenvalue weighted by Gasteiger charge is -2.17. The lowest BCUT2D eigenvalue weighted by atomic mass is 10.1. The largest absolute Gasteiger partial charge is 0.480 e. The van der Waals surface area contributed by atoms with Gasteiger partial charge < -0.3 is 32.1 Å². The van der Waals surface area contributed by atoms with Crippen LogP contribution < -0.4 is 22.1 Å². The zero-order valence-electron chi connectivity index (χ0n) is 19.6. The molecule has 11 heteroatoms. The summed E-state index contributed by atoms with van der Waals surface area (Å²) in [5.41, 5.74) is 12.4. The number of carboxylic acid groups (broad SMARTS) is 1. The molecule has 0 fully saturated rings. The Morgan fingerprint density at radius 2 is 1.97 bits per heavy atom. The Labute approximate surface area is 204 Å². The summed E-state index contributed by atoms with van der Waals surface area (Å²) in [6, 6.07) is 2.29. The molecule has 0 bridgehead atoms. The van der Waals surface area contributed by atoms with Crippen molar-refractivity contribution < 1.29 is 19.5 Å². The number of aliphatic carboxylic acids is 1. The fourth-order valence-corrected chi connectivity index (χ4v) is 4.82. The molecule has 1 aliphatic rings. The van der Waals surface area contributed by atoms with E-state index in [4.69, 9.17) is 16.9 Å². The topological polar surface area (TPSA) is 175 Å². The third-order valence-corrected chi connectivity index (χ3v) is 6.70. The van der Waals surface area contributed by atoms with Gasteiger partial charge in [-0.05, 0) is 37.8 Å². The SMILES string of the molecule is CCCc1ccc(CC(NC(=O)CCCCNC(=O)C(N)CC2=CCN(C(=N)N)C2)C(=O)O)s1. The Hall–Kier alpha value is -2.92. The van der Waals surface area contributed by atoms with Crippen molar-refractivity contribution in [3.8, 4) is 0 Å². The summed E-state index contributed by atoms with van der Waals surface area (Å²) in [6.07, 6.45) is 5.88. The fraction of sp³-hybridized carbons (Fsp3) is 0.565. The molecule has 2 unspecified atom stereocenters. The average molecular weight is 493 g/mol. The molecule has 1 aliphatic heterocycles. The number of aryl methyl sites for hydroxylation is 1. The molecule has 0 saturated heterocycles. The molecule has 2 atom stereocenters. The molecule has 0 aromatic carbocycles. The Bertz CT molecular complexity index is 900. The molecule has 2 amide bonds. The van der Waals surface area contributed by atoms with E-state index in [9.17, 15) is 19.5 Å². The molecule has 0 radical (unpaired) electrons. The van der Waals surface area contributed by atoms with Crippen LogP contribution in [-0.4, -0.2) is 65.5 Å². The molecule has 2 rings (SSSR count). The summed E-state index contributed by atoms with van der Waals surface area (Å²) in [6.45, 7) is 3.54. The van der Waals surface area contributed by atoms with E-state index in [1.54, 1.807) is 16.2 Å². The maximum Gasteiger partial charge on any atom is 0.326 e. The van der Waals surface area contributed by atoms with E-state index >= 15 is 0 Å². The van der Waals surface area contributed by atoms with Crippen LogP contribution in [-0.2, 0) is 27.2 Å². The third-order valence-electron chi connectivity index (χ3n) is 5.54. The number of nitrogens with zero attached hydrogens (tertiary/aromatic N) is 1. The lowest BCUT2D eigenvalue weighted by molar-refractivity contribution is -0.141. The Morgan fingerprint density at radius 1 is 1.24 bits per heavy atom. The van der Waals surface area contributed by atoms with E-state index in [0.717, 1.165) is 23.3 Å². The highest BCUT2D eigenvalue weighted by molar-refractivity contribution is 7.12. The molecule has 1 aromatic heterocycles. The standard InChI is InChI=1S/C23H36N6O4S/c1-2-5-16-7-8-17(34-16)13-19(22(32)33)28-20(30)6-3-4-10-27-21(31)18(24)12-15-9-11-29(14-15)23(25)26/h7-9,18-19H,2-6,10-14,24H2,1H3,(H3,25,26)(H,27,31)(H,28,30)(H,32,33). The van der Waals surface area contributed by atoms with Crippen LogP contribution >= 0.6 is 11.3 Å². The van der Waals surface area contributed by atoms with Crippen molar-refractivity contribution in [3.63, 3.8) is 0 Å². The Kier molecular flexibility index (Phi) is 11.0. The van der Waals surface area contributed by atoms with Gasteiger partial charge in [-0.2, -0.15) is 0 Å². The number of hydrogen-bond donors (Lipinski definition) is 6. The predicted octanol–water partition coefficient (Wildman–Crippen LogP) is 0.952. The second kappa shape index (κ2) is 13.7. The minimum atomic E-state index is -1.05. The molecule has 0 spiro atoms. The van der Waals surface area contributed by atoms with Gasteiger partial charge in [0.2, 0.25) is 11.8 Å². The van der Waals surface area contributed by atoms with Gasteiger partial charge in [0.05, 0.1) is 6.04 Å². The van der Waals surface area contributed by atoms with E-state index in [1.165, 1.54) is 4.88 Å². The van der Waals surface area contributed by atoms with Crippen LogP contribution in [0.3, 0.4) is 0 Å². The van der Waals surface area contributed by atoms with Gasteiger partial charge >= 0.3 is 5.97 Å². The van der Waals surface area contributed by atoms with Crippen LogP contribution in [0.15, 0.2) is 23.8 Å². The molecular formula is C23H36N6O4S. The predicted molar refractivity (Wildman–Crippen MR) is 133 cm³/mol. The summed E-state index contributed by atoms with van der Waals surface area (Å²) in [7, 11) is 0. The van der Waals surface area contributed by atoms with Gasteiger partial charge in [0, 0.05) is 42.2 Å². The van der Waals surface area contributed by atoms with Gasteiger partial charge in [-0.3, -0.25) is 15.0 Å². The quantitative estimate of drug-likeness (QED) is 0.0970. The van der Waals surface area contributed by atoms with Gasteiger partial charge in [-0.15, -0.1) is 11.3 Å². The first-order valence-corrected chi connectivity index (χ1v) is 12.4.